The second kappa shape index (κ2) is 8.60. The Labute approximate surface area is 142 Å². The van der Waals surface area contributed by atoms with Crippen molar-refractivity contribution in [2.24, 2.45) is 0 Å². The van der Waals surface area contributed by atoms with Crippen LogP contribution in [0.25, 0.3) is 0 Å². The van der Waals surface area contributed by atoms with Gasteiger partial charge in [0.25, 0.3) is 0 Å². The van der Waals surface area contributed by atoms with Gasteiger partial charge in [-0.15, -0.1) is 0 Å². The lowest BCUT2D eigenvalue weighted by Crippen LogP contribution is -2.15. The van der Waals surface area contributed by atoms with E-state index in [-0.39, 0.29) is 5.97 Å². The number of aromatic nitrogens is 1. The third-order valence-corrected chi connectivity index (χ3v) is 4.35. The normalized spacial score (nSPS) is 15.2. The molecule has 1 fully saturated rings. The molecule has 2 aromatic rings. The monoisotopic (exact) mass is 325 g/mol. The Balaban J connectivity index is 1.43. The van der Waals surface area contributed by atoms with Gasteiger partial charge >= 0.3 is 5.97 Å². The molecule has 0 N–H and O–H groups in total. The lowest BCUT2D eigenvalue weighted by molar-refractivity contribution is -0.144. The highest BCUT2D eigenvalue weighted by Crippen LogP contribution is 2.25. The molecule has 126 valence electrons. The Morgan fingerprint density at radius 3 is 2.58 bits per heavy atom. The molecule has 2 heterocycles. The van der Waals surface area contributed by atoms with Crippen molar-refractivity contribution in [3.05, 3.63) is 65.5 Å². The van der Waals surface area contributed by atoms with E-state index in [0.29, 0.717) is 25.4 Å². The lowest BCUT2D eigenvalue weighted by Gasteiger charge is -2.21. The molecule has 0 amide bonds. The van der Waals surface area contributed by atoms with Crippen molar-refractivity contribution in [1.82, 2.24) is 4.98 Å². The first-order chi connectivity index (χ1) is 11.8. The van der Waals surface area contributed by atoms with Gasteiger partial charge in [0.2, 0.25) is 0 Å². The molecule has 1 saturated heterocycles. The smallest absolute Gasteiger partial charge is 0.306 e. The van der Waals surface area contributed by atoms with E-state index in [1.165, 1.54) is 0 Å². The predicted molar refractivity (Wildman–Crippen MR) is 91.6 cm³/mol. The summed E-state index contributed by atoms with van der Waals surface area (Å²) in [6.07, 6.45) is 5.01. The summed E-state index contributed by atoms with van der Waals surface area (Å²) in [6, 6.07) is 13.9. The number of esters is 1. The van der Waals surface area contributed by atoms with Gasteiger partial charge in [-0.2, -0.15) is 0 Å². The number of hydrogen-bond acceptors (Lipinski definition) is 4. The lowest BCUT2D eigenvalue weighted by atomic mass is 9.95. The highest BCUT2D eigenvalue weighted by molar-refractivity contribution is 5.69. The van der Waals surface area contributed by atoms with Crippen LogP contribution in [-0.2, 0) is 27.3 Å². The molecule has 0 saturated carbocycles. The molecule has 0 spiro atoms. The number of hydrogen-bond donors (Lipinski definition) is 0. The zero-order valence-electron chi connectivity index (χ0n) is 13.8. The van der Waals surface area contributed by atoms with Crippen LogP contribution in [0.5, 0.6) is 0 Å². The second-order valence-electron chi connectivity index (χ2n) is 6.12. The molecule has 0 unspecified atom stereocenters. The maximum absolute atomic E-state index is 11.8. The highest BCUT2D eigenvalue weighted by Gasteiger charge is 2.16. The van der Waals surface area contributed by atoms with Crippen LogP contribution in [0.4, 0.5) is 0 Å². The first kappa shape index (κ1) is 16.7. The summed E-state index contributed by atoms with van der Waals surface area (Å²) < 4.78 is 10.7. The van der Waals surface area contributed by atoms with Crippen LogP contribution in [-0.4, -0.2) is 24.2 Å². The van der Waals surface area contributed by atoms with E-state index in [1.807, 2.05) is 36.5 Å². The van der Waals surface area contributed by atoms with E-state index in [1.54, 1.807) is 0 Å². The molecule has 3 rings (SSSR count). The van der Waals surface area contributed by atoms with Crippen LogP contribution in [0, 0.1) is 0 Å². The molecular weight excluding hydrogens is 302 g/mol. The number of pyridine rings is 1. The summed E-state index contributed by atoms with van der Waals surface area (Å²) in [5.41, 5.74) is 3.21. The van der Waals surface area contributed by atoms with Crippen LogP contribution in [0.3, 0.4) is 0 Å². The van der Waals surface area contributed by atoms with Crippen molar-refractivity contribution in [2.75, 3.05) is 13.2 Å². The molecule has 1 aliphatic rings. The van der Waals surface area contributed by atoms with Crippen molar-refractivity contribution >= 4 is 5.97 Å². The molecule has 0 atom stereocenters. The van der Waals surface area contributed by atoms with E-state index >= 15 is 0 Å². The molecule has 1 aromatic carbocycles. The fourth-order valence-corrected chi connectivity index (χ4v) is 2.88. The largest absolute Gasteiger partial charge is 0.461 e. The summed E-state index contributed by atoms with van der Waals surface area (Å²) in [5.74, 6) is 0.330. The molecule has 0 aliphatic carbocycles. The molecule has 0 radical (unpaired) electrons. The third-order valence-electron chi connectivity index (χ3n) is 4.35. The number of nitrogens with zero attached hydrogens (tertiary/aromatic N) is 1. The Morgan fingerprint density at radius 2 is 1.88 bits per heavy atom. The summed E-state index contributed by atoms with van der Waals surface area (Å²) in [4.78, 5) is 16.4. The molecule has 24 heavy (non-hydrogen) atoms. The van der Waals surface area contributed by atoms with Gasteiger partial charge < -0.3 is 9.47 Å². The topological polar surface area (TPSA) is 48.4 Å². The Hall–Kier alpha value is -2.20. The first-order valence-corrected chi connectivity index (χ1v) is 8.53. The van der Waals surface area contributed by atoms with Crippen LogP contribution >= 0.6 is 0 Å². The minimum Gasteiger partial charge on any atom is -0.461 e. The van der Waals surface area contributed by atoms with Crippen molar-refractivity contribution in [3.8, 4) is 0 Å². The van der Waals surface area contributed by atoms with Gasteiger partial charge in [0.05, 0.1) is 0 Å². The van der Waals surface area contributed by atoms with Gasteiger partial charge in [-0.05, 0) is 36.5 Å². The number of carbonyl (C=O) groups excluding carboxylic acids is 1. The number of carbonyl (C=O) groups is 1. The van der Waals surface area contributed by atoms with Crippen LogP contribution in [0.15, 0.2) is 48.7 Å². The van der Waals surface area contributed by atoms with Gasteiger partial charge in [-0.25, -0.2) is 0 Å². The molecule has 1 aromatic heterocycles. The SMILES string of the molecule is O=C(CCc1ccc(C2CCOCC2)nc1)OCc1ccccc1. The molecule has 4 heteroatoms. The summed E-state index contributed by atoms with van der Waals surface area (Å²) in [5, 5.41) is 0. The zero-order chi connectivity index (χ0) is 16.6. The van der Waals surface area contributed by atoms with E-state index in [2.05, 4.69) is 17.1 Å². The van der Waals surface area contributed by atoms with Gasteiger partial charge in [0, 0.05) is 37.4 Å². The number of ether oxygens (including phenoxy) is 2. The number of benzene rings is 1. The minimum absolute atomic E-state index is 0.174. The van der Waals surface area contributed by atoms with Gasteiger partial charge in [-0.3, -0.25) is 9.78 Å². The highest BCUT2D eigenvalue weighted by atomic mass is 16.5. The average molecular weight is 325 g/mol. The molecule has 0 bridgehead atoms. The van der Waals surface area contributed by atoms with Crippen LogP contribution < -0.4 is 0 Å². The molecular formula is C20H23NO3. The van der Waals surface area contributed by atoms with E-state index in [0.717, 1.165) is 42.9 Å². The van der Waals surface area contributed by atoms with Crippen LogP contribution in [0.1, 0.15) is 42.0 Å². The zero-order valence-corrected chi connectivity index (χ0v) is 13.8. The standard InChI is InChI=1S/C20H23NO3/c22-20(24-15-17-4-2-1-3-5-17)9-7-16-6-8-19(21-14-16)18-10-12-23-13-11-18/h1-6,8,14,18H,7,9-13,15H2. The van der Waals surface area contributed by atoms with E-state index in [9.17, 15) is 4.79 Å². The van der Waals surface area contributed by atoms with Gasteiger partial charge in [-0.1, -0.05) is 36.4 Å². The fraction of sp³-hybridized carbons (Fsp3) is 0.400. The second-order valence-corrected chi connectivity index (χ2v) is 6.12. The van der Waals surface area contributed by atoms with Crippen molar-refractivity contribution in [2.45, 2.75) is 38.2 Å². The maximum Gasteiger partial charge on any atom is 0.306 e. The van der Waals surface area contributed by atoms with Gasteiger partial charge in [0.1, 0.15) is 6.61 Å². The van der Waals surface area contributed by atoms with Gasteiger partial charge in [0.15, 0.2) is 0 Å². The Morgan fingerprint density at radius 1 is 1.08 bits per heavy atom. The maximum atomic E-state index is 11.8. The van der Waals surface area contributed by atoms with E-state index < -0.39 is 0 Å². The summed E-state index contributed by atoms with van der Waals surface area (Å²) in [7, 11) is 0. The Kier molecular flexibility index (Phi) is 5.96. The third kappa shape index (κ3) is 4.90. The van der Waals surface area contributed by atoms with Crippen molar-refractivity contribution < 1.29 is 14.3 Å². The van der Waals surface area contributed by atoms with Crippen molar-refractivity contribution in [1.29, 1.82) is 0 Å². The molecule has 1 aliphatic heterocycles. The molecule has 4 nitrogen and oxygen atoms in total. The first-order valence-electron chi connectivity index (χ1n) is 8.53. The minimum atomic E-state index is -0.174. The average Bonchev–Trinajstić information content (AvgIpc) is 2.67. The summed E-state index contributed by atoms with van der Waals surface area (Å²) in [6.45, 7) is 1.98. The van der Waals surface area contributed by atoms with Crippen LogP contribution in [0.2, 0.25) is 0 Å². The quantitative estimate of drug-likeness (QED) is 0.761. The van der Waals surface area contributed by atoms with Crippen molar-refractivity contribution in [3.63, 3.8) is 0 Å². The predicted octanol–water partition coefficient (Wildman–Crippen LogP) is 3.65. The Bertz CT molecular complexity index is 634. The fourth-order valence-electron chi connectivity index (χ4n) is 2.88. The number of aryl methyl sites for hydroxylation is 1. The number of rotatable bonds is 6. The summed E-state index contributed by atoms with van der Waals surface area (Å²) >= 11 is 0. The van der Waals surface area contributed by atoms with E-state index in [4.69, 9.17) is 9.47 Å².